The fraction of sp³-hybridized carbons (Fsp3) is 0.458. The van der Waals surface area contributed by atoms with Gasteiger partial charge in [-0.2, -0.15) is 0 Å². The van der Waals surface area contributed by atoms with E-state index in [0.717, 1.165) is 49.8 Å². The molecule has 1 aromatic carbocycles. The van der Waals surface area contributed by atoms with Crippen LogP contribution in [0, 0.1) is 12.8 Å². The number of fused-ring (bicyclic) bond motifs is 1. The van der Waals surface area contributed by atoms with Crippen molar-refractivity contribution in [2.45, 2.75) is 51.5 Å². The summed E-state index contributed by atoms with van der Waals surface area (Å²) < 4.78 is 0. The van der Waals surface area contributed by atoms with Crippen molar-refractivity contribution in [1.29, 1.82) is 0 Å². The lowest BCUT2D eigenvalue weighted by Gasteiger charge is -2.27. The van der Waals surface area contributed by atoms with E-state index in [2.05, 4.69) is 28.5 Å². The summed E-state index contributed by atoms with van der Waals surface area (Å²) in [5.74, 6) is 0.223. The Hall–Kier alpha value is -2.40. The largest absolute Gasteiger partial charge is 0.354 e. The molecule has 1 aliphatic heterocycles. The van der Waals surface area contributed by atoms with Gasteiger partial charge in [-0.15, -0.1) is 0 Å². The third-order valence-corrected chi connectivity index (χ3v) is 6.66. The summed E-state index contributed by atoms with van der Waals surface area (Å²) in [6.07, 6.45) is 6.55. The van der Waals surface area contributed by atoms with Crippen molar-refractivity contribution in [3.05, 3.63) is 63.9 Å². The van der Waals surface area contributed by atoms with Crippen LogP contribution in [0.25, 0.3) is 0 Å². The Kier molecular flexibility index (Phi) is 6.38. The zero-order valence-electron chi connectivity index (χ0n) is 17.4. The number of carbonyl (C=O) groups is 2. The molecule has 0 saturated carbocycles. The molecule has 1 aromatic heterocycles. The van der Waals surface area contributed by atoms with E-state index >= 15 is 0 Å². The number of aromatic nitrogens is 1. The Morgan fingerprint density at radius 3 is 2.83 bits per heavy atom. The molecule has 4 rings (SSSR count). The Morgan fingerprint density at radius 2 is 2.03 bits per heavy atom. The van der Waals surface area contributed by atoms with E-state index in [1.54, 1.807) is 12.3 Å². The van der Waals surface area contributed by atoms with Gasteiger partial charge in [0.05, 0.1) is 6.42 Å². The molecule has 2 unspecified atom stereocenters. The number of benzene rings is 1. The van der Waals surface area contributed by atoms with Gasteiger partial charge in [-0.25, -0.2) is 4.98 Å². The van der Waals surface area contributed by atoms with Crippen LogP contribution in [0.5, 0.6) is 0 Å². The number of aryl methyl sites for hydroxylation is 2. The SMILES string of the molecule is Cc1cc(Cl)ncc1CC(=O)N1CCCC1CNC(=O)C1CCc2ccccc2C1. The predicted molar refractivity (Wildman–Crippen MR) is 117 cm³/mol. The monoisotopic (exact) mass is 425 g/mol. The summed E-state index contributed by atoms with van der Waals surface area (Å²) in [6.45, 7) is 3.22. The minimum atomic E-state index is 0.0215. The van der Waals surface area contributed by atoms with E-state index < -0.39 is 0 Å². The Labute approximate surface area is 182 Å². The fourth-order valence-corrected chi connectivity index (χ4v) is 4.87. The molecule has 0 bridgehead atoms. The lowest BCUT2D eigenvalue weighted by atomic mass is 9.83. The average molecular weight is 426 g/mol. The number of hydrogen-bond donors (Lipinski definition) is 1. The van der Waals surface area contributed by atoms with Crippen LogP contribution in [0.4, 0.5) is 0 Å². The number of nitrogens with one attached hydrogen (secondary N) is 1. The first kappa shape index (κ1) is 20.9. The van der Waals surface area contributed by atoms with Gasteiger partial charge in [0.25, 0.3) is 0 Å². The van der Waals surface area contributed by atoms with E-state index in [0.29, 0.717) is 18.1 Å². The highest BCUT2D eigenvalue weighted by atomic mass is 35.5. The van der Waals surface area contributed by atoms with Crippen LogP contribution in [-0.2, 0) is 28.9 Å². The molecule has 2 amide bonds. The summed E-state index contributed by atoms with van der Waals surface area (Å²) in [4.78, 5) is 31.7. The number of amides is 2. The van der Waals surface area contributed by atoms with Gasteiger partial charge in [0.15, 0.2) is 0 Å². The van der Waals surface area contributed by atoms with Crippen LogP contribution >= 0.6 is 11.6 Å². The first-order valence-electron chi connectivity index (χ1n) is 10.8. The molecule has 0 spiro atoms. The maximum absolute atomic E-state index is 12.9. The molecule has 6 heteroatoms. The highest BCUT2D eigenvalue weighted by Crippen LogP contribution is 2.26. The maximum Gasteiger partial charge on any atom is 0.227 e. The molecule has 1 aliphatic carbocycles. The molecule has 1 N–H and O–H groups in total. The van der Waals surface area contributed by atoms with E-state index in [1.807, 2.05) is 17.9 Å². The van der Waals surface area contributed by atoms with Crippen LogP contribution in [0.15, 0.2) is 36.5 Å². The first-order chi connectivity index (χ1) is 14.5. The molecule has 1 saturated heterocycles. The summed E-state index contributed by atoms with van der Waals surface area (Å²) in [5.41, 5.74) is 4.53. The summed E-state index contributed by atoms with van der Waals surface area (Å²) >= 11 is 5.92. The van der Waals surface area contributed by atoms with Crippen molar-refractivity contribution in [3.63, 3.8) is 0 Å². The van der Waals surface area contributed by atoms with Crippen molar-refractivity contribution < 1.29 is 9.59 Å². The molecule has 2 atom stereocenters. The van der Waals surface area contributed by atoms with Crippen molar-refractivity contribution in [2.24, 2.45) is 5.92 Å². The lowest BCUT2D eigenvalue weighted by Crippen LogP contribution is -2.45. The summed E-state index contributed by atoms with van der Waals surface area (Å²) in [6, 6.07) is 10.2. The number of nitrogens with zero attached hydrogens (tertiary/aromatic N) is 2. The Morgan fingerprint density at radius 1 is 1.23 bits per heavy atom. The topological polar surface area (TPSA) is 62.3 Å². The van der Waals surface area contributed by atoms with Crippen LogP contribution in [0.2, 0.25) is 5.15 Å². The lowest BCUT2D eigenvalue weighted by molar-refractivity contribution is -0.132. The zero-order chi connectivity index (χ0) is 21.1. The molecular weight excluding hydrogens is 398 g/mol. The van der Waals surface area contributed by atoms with Gasteiger partial charge in [0.1, 0.15) is 5.15 Å². The van der Waals surface area contributed by atoms with Gasteiger partial charge in [-0.05, 0) is 67.3 Å². The molecule has 30 heavy (non-hydrogen) atoms. The second kappa shape index (κ2) is 9.17. The third-order valence-electron chi connectivity index (χ3n) is 6.45. The molecular formula is C24H28ClN3O2. The number of pyridine rings is 1. The second-order valence-electron chi connectivity index (χ2n) is 8.45. The van der Waals surface area contributed by atoms with E-state index in [9.17, 15) is 9.59 Å². The zero-order valence-corrected chi connectivity index (χ0v) is 18.1. The average Bonchev–Trinajstić information content (AvgIpc) is 3.22. The molecule has 158 valence electrons. The maximum atomic E-state index is 12.9. The van der Waals surface area contributed by atoms with Crippen molar-refractivity contribution >= 4 is 23.4 Å². The molecule has 0 radical (unpaired) electrons. The molecule has 2 heterocycles. The standard InChI is InChI=1S/C24H28ClN3O2/c1-16-11-22(25)26-14-20(16)13-23(29)28-10-4-7-21(28)15-27-24(30)19-9-8-17-5-2-3-6-18(17)12-19/h2-3,5-6,11,14,19,21H,4,7-10,12-13,15H2,1H3,(H,27,30). The smallest absolute Gasteiger partial charge is 0.227 e. The van der Waals surface area contributed by atoms with E-state index in [1.165, 1.54) is 11.1 Å². The third kappa shape index (κ3) is 4.67. The predicted octanol–water partition coefficient (Wildman–Crippen LogP) is 3.50. The van der Waals surface area contributed by atoms with Gasteiger partial charge < -0.3 is 10.2 Å². The number of halogens is 1. The summed E-state index contributed by atoms with van der Waals surface area (Å²) in [7, 11) is 0. The van der Waals surface area contributed by atoms with Crippen molar-refractivity contribution in [1.82, 2.24) is 15.2 Å². The van der Waals surface area contributed by atoms with Crippen LogP contribution < -0.4 is 5.32 Å². The number of likely N-dealkylation sites (tertiary alicyclic amines) is 1. The Bertz CT molecular complexity index is 946. The van der Waals surface area contributed by atoms with Crippen molar-refractivity contribution in [2.75, 3.05) is 13.1 Å². The number of rotatable bonds is 5. The first-order valence-corrected chi connectivity index (χ1v) is 11.1. The number of hydrogen-bond acceptors (Lipinski definition) is 3. The minimum Gasteiger partial charge on any atom is -0.354 e. The highest BCUT2D eigenvalue weighted by Gasteiger charge is 2.30. The van der Waals surface area contributed by atoms with Gasteiger partial charge in [0.2, 0.25) is 11.8 Å². The highest BCUT2D eigenvalue weighted by molar-refractivity contribution is 6.29. The summed E-state index contributed by atoms with van der Waals surface area (Å²) in [5, 5.41) is 3.57. The molecule has 1 fully saturated rings. The molecule has 2 aromatic rings. The van der Waals surface area contributed by atoms with E-state index in [4.69, 9.17) is 11.6 Å². The molecule has 5 nitrogen and oxygen atoms in total. The Balaban J connectivity index is 1.32. The van der Waals surface area contributed by atoms with Crippen molar-refractivity contribution in [3.8, 4) is 0 Å². The van der Waals surface area contributed by atoms with Gasteiger partial charge in [-0.1, -0.05) is 35.9 Å². The fourth-order valence-electron chi connectivity index (χ4n) is 4.66. The van der Waals surface area contributed by atoms with Gasteiger partial charge in [0, 0.05) is 31.2 Å². The van der Waals surface area contributed by atoms with Crippen LogP contribution in [0.1, 0.15) is 41.5 Å². The quantitative estimate of drug-likeness (QED) is 0.746. The minimum absolute atomic E-state index is 0.0215. The van der Waals surface area contributed by atoms with E-state index in [-0.39, 0.29) is 23.8 Å². The van der Waals surface area contributed by atoms with Crippen LogP contribution in [0.3, 0.4) is 0 Å². The van der Waals surface area contributed by atoms with Gasteiger partial charge >= 0.3 is 0 Å². The van der Waals surface area contributed by atoms with Crippen LogP contribution in [-0.4, -0.2) is 40.8 Å². The number of carbonyl (C=O) groups excluding carboxylic acids is 2. The molecule has 2 aliphatic rings. The normalized spacial score (nSPS) is 20.7. The second-order valence-corrected chi connectivity index (χ2v) is 8.83. The van der Waals surface area contributed by atoms with Gasteiger partial charge in [-0.3, -0.25) is 9.59 Å².